The van der Waals surface area contributed by atoms with E-state index >= 15 is 0 Å². The number of carbonyl (C=O) groups excluding carboxylic acids is 1. The molecule has 2 unspecified atom stereocenters. The molecule has 4 aliphatic rings. The predicted molar refractivity (Wildman–Crippen MR) is 78.1 cm³/mol. The van der Waals surface area contributed by atoms with Crippen LogP contribution < -0.4 is 4.74 Å². The van der Waals surface area contributed by atoms with E-state index in [9.17, 15) is 20.1 Å². The maximum Gasteiger partial charge on any atom is 0.277 e. The minimum absolute atomic E-state index is 0.0171. The van der Waals surface area contributed by atoms with Crippen LogP contribution in [0.3, 0.4) is 0 Å². The smallest absolute Gasteiger partial charge is 0.277 e. The number of aliphatic hydroxyl groups is 2. The number of aromatic hydroxyl groups is 1. The van der Waals surface area contributed by atoms with Crippen LogP contribution in [0, 0.1) is 5.92 Å². The average molecular weight is 328 g/mol. The first kappa shape index (κ1) is 13.5. The van der Waals surface area contributed by atoms with Gasteiger partial charge in [-0.1, -0.05) is 6.07 Å². The summed E-state index contributed by atoms with van der Waals surface area (Å²) in [7, 11) is 0. The molecule has 3 N–H and O–H groups in total. The highest BCUT2D eigenvalue weighted by atomic mass is 16.7. The summed E-state index contributed by atoms with van der Waals surface area (Å²) in [6.07, 6.45) is 2.39. The number of benzene rings is 1. The summed E-state index contributed by atoms with van der Waals surface area (Å²) in [5.41, 5.74) is -1.54. The number of carbonyl (C=O) groups is 1. The highest BCUT2D eigenvalue weighted by Gasteiger charge is 2.59. The molecule has 0 aromatic heterocycles. The van der Waals surface area contributed by atoms with Crippen LogP contribution in [0.5, 0.6) is 11.5 Å². The molecule has 5 rings (SSSR count). The van der Waals surface area contributed by atoms with Crippen molar-refractivity contribution >= 4 is 5.78 Å². The Balaban J connectivity index is 1.69. The molecule has 0 spiro atoms. The van der Waals surface area contributed by atoms with Crippen LogP contribution in [0.15, 0.2) is 53.7 Å². The maximum atomic E-state index is 12.8. The van der Waals surface area contributed by atoms with Crippen molar-refractivity contribution in [3.63, 3.8) is 0 Å². The lowest BCUT2D eigenvalue weighted by atomic mass is 9.78. The van der Waals surface area contributed by atoms with E-state index in [0.717, 1.165) is 0 Å². The number of hydrogen-bond donors (Lipinski definition) is 3. The Labute approximate surface area is 135 Å². The molecule has 3 heterocycles. The van der Waals surface area contributed by atoms with Crippen molar-refractivity contribution in [3.8, 4) is 11.5 Å². The molecule has 3 aliphatic heterocycles. The zero-order chi connectivity index (χ0) is 16.6. The summed E-state index contributed by atoms with van der Waals surface area (Å²) in [6.45, 7) is 0. The molecule has 1 fully saturated rings. The molecule has 0 amide bonds. The topological polar surface area (TPSA) is 105 Å². The lowest BCUT2D eigenvalue weighted by molar-refractivity contribution is -0.109. The van der Waals surface area contributed by atoms with Crippen molar-refractivity contribution < 1.29 is 34.3 Å². The minimum atomic E-state index is -1.65. The molecule has 7 heteroatoms. The SMILES string of the molecule is O=C1c2c(O)cccc2OC2C=C3O[C@H]4OC=C[C@@]4(O)C3=C(O)C12. The third-order valence-corrected chi connectivity index (χ3v) is 4.76. The molecule has 122 valence electrons. The van der Waals surface area contributed by atoms with E-state index in [2.05, 4.69) is 0 Å². The van der Waals surface area contributed by atoms with E-state index in [1.165, 1.54) is 24.5 Å². The van der Waals surface area contributed by atoms with Crippen LogP contribution >= 0.6 is 0 Å². The summed E-state index contributed by atoms with van der Waals surface area (Å²) < 4.78 is 16.5. The predicted octanol–water partition coefficient (Wildman–Crippen LogP) is 1.29. The molecule has 0 saturated carbocycles. The fraction of sp³-hybridized carbons (Fsp3) is 0.235. The van der Waals surface area contributed by atoms with Crippen LogP contribution in [0.4, 0.5) is 0 Å². The standard InChI is InChI=1S/C17H12O7/c18-7-2-1-3-8-11(7)14(19)12-9(23-8)6-10-13(15(12)20)17(21)4-5-22-16(17)24-10/h1-6,9,12,16,18,20-21H/t9?,12?,16-,17-/m1/s1. The monoisotopic (exact) mass is 328 g/mol. The van der Waals surface area contributed by atoms with Gasteiger partial charge in [-0.05, 0) is 24.3 Å². The Hall–Kier alpha value is -2.93. The van der Waals surface area contributed by atoms with Crippen molar-refractivity contribution in [2.75, 3.05) is 0 Å². The number of hydrogen-bond acceptors (Lipinski definition) is 7. The number of rotatable bonds is 0. The molecule has 1 aliphatic carbocycles. The maximum absolute atomic E-state index is 12.8. The summed E-state index contributed by atoms with van der Waals surface area (Å²) in [5.74, 6) is -1.63. The molecule has 0 radical (unpaired) electrons. The van der Waals surface area contributed by atoms with Crippen molar-refractivity contribution in [2.45, 2.75) is 18.0 Å². The van der Waals surface area contributed by atoms with E-state index in [4.69, 9.17) is 14.2 Å². The molecule has 1 saturated heterocycles. The van der Waals surface area contributed by atoms with Gasteiger partial charge in [0.05, 0.1) is 11.8 Å². The van der Waals surface area contributed by atoms with Crippen molar-refractivity contribution in [1.82, 2.24) is 0 Å². The molecular formula is C17H12O7. The summed E-state index contributed by atoms with van der Waals surface area (Å²) in [6, 6.07) is 4.52. The van der Waals surface area contributed by atoms with Crippen LogP contribution in [-0.2, 0) is 9.47 Å². The van der Waals surface area contributed by atoms with Crippen molar-refractivity contribution in [2.24, 2.45) is 5.92 Å². The second kappa shape index (κ2) is 4.12. The van der Waals surface area contributed by atoms with Gasteiger partial charge in [0.2, 0.25) is 0 Å². The fourth-order valence-electron chi connectivity index (χ4n) is 3.64. The third kappa shape index (κ3) is 1.43. The second-order valence-corrected chi connectivity index (χ2v) is 6.08. The normalized spacial score (nSPS) is 35.1. The van der Waals surface area contributed by atoms with Gasteiger partial charge in [0.1, 0.15) is 40.6 Å². The van der Waals surface area contributed by atoms with Gasteiger partial charge in [0.25, 0.3) is 6.29 Å². The van der Waals surface area contributed by atoms with E-state index in [1.54, 1.807) is 12.1 Å². The number of Topliss-reactive ketones (excluding diaryl/α,β-unsaturated/α-hetero) is 1. The quantitative estimate of drug-likeness (QED) is 0.659. The average Bonchev–Trinajstić information content (AvgIpc) is 3.00. The van der Waals surface area contributed by atoms with E-state index in [0.29, 0.717) is 0 Å². The Morgan fingerprint density at radius 3 is 2.83 bits per heavy atom. The van der Waals surface area contributed by atoms with Crippen LogP contribution in [0.25, 0.3) is 0 Å². The van der Waals surface area contributed by atoms with E-state index in [1.807, 2.05) is 0 Å². The summed E-state index contributed by atoms with van der Waals surface area (Å²) in [5, 5.41) is 31.4. The van der Waals surface area contributed by atoms with Gasteiger partial charge < -0.3 is 29.5 Å². The molecule has 1 aromatic rings. The highest BCUT2D eigenvalue weighted by molar-refractivity contribution is 6.05. The molecule has 24 heavy (non-hydrogen) atoms. The molecule has 0 bridgehead atoms. The molecular weight excluding hydrogens is 316 g/mol. The lowest BCUT2D eigenvalue weighted by Crippen LogP contribution is -2.43. The first-order valence-electron chi connectivity index (χ1n) is 7.41. The number of phenolic OH excluding ortho intramolecular Hbond substituents is 1. The Kier molecular flexibility index (Phi) is 2.32. The minimum Gasteiger partial charge on any atom is -0.511 e. The van der Waals surface area contributed by atoms with E-state index < -0.39 is 29.7 Å². The third-order valence-electron chi connectivity index (χ3n) is 4.76. The summed E-state index contributed by atoms with van der Waals surface area (Å²) in [4.78, 5) is 12.8. The van der Waals surface area contributed by atoms with Gasteiger partial charge in [-0.3, -0.25) is 4.79 Å². The van der Waals surface area contributed by atoms with Gasteiger partial charge in [0, 0.05) is 0 Å². The molecule has 1 aromatic carbocycles. The Morgan fingerprint density at radius 2 is 2.00 bits per heavy atom. The van der Waals surface area contributed by atoms with Gasteiger partial charge >= 0.3 is 0 Å². The van der Waals surface area contributed by atoms with Gasteiger partial charge in [-0.2, -0.15) is 0 Å². The number of ether oxygens (including phenoxy) is 3. The van der Waals surface area contributed by atoms with Crippen molar-refractivity contribution in [3.05, 3.63) is 59.3 Å². The summed E-state index contributed by atoms with van der Waals surface area (Å²) >= 11 is 0. The first-order valence-corrected chi connectivity index (χ1v) is 7.41. The number of aliphatic hydroxyl groups excluding tert-OH is 1. The van der Waals surface area contributed by atoms with Crippen LogP contribution in [0.1, 0.15) is 10.4 Å². The van der Waals surface area contributed by atoms with Crippen LogP contribution in [-0.4, -0.2) is 39.1 Å². The Bertz CT molecular complexity index is 881. The highest BCUT2D eigenvalue weighted by Crippen LogP contribution is 2.50. The number of ketones is 1. The van der Waals surface area contributed by atoms with Gasteiger partial charge in [-0.15, -0.1) is 0 Å². The number of fused-ring (bicyclic) bond motifs is 5. The molecule has 4 atom stereocenters. The zero-order valence-electron chi connectivity index (χ0n) is 12.2. The Morgan fingerprint density at radius 1 is 1.17 bits per heavy atom. The van der Waals surface area contributed by atoms with Crippen molar-refractivity contribution in [1.29, 1.82) is 0 Å². The number of phenols is 1. The molecule has 7 nitrogen and oxygen atoms in total. The van der Waals surface area contributed by atoms with Gasteiger partial charge in [-0.25, -0.2) is 0 Å². The largest absolute Gasteiger partial charge is 0.511 e. The van der Waals surface area contributed by atoms with Crippen LogP contribution in [0.2, 0.25) is 0 Å². The fourth-order valence-corrected chi connectivity index (χ4v) is 3.64. The second-order valence-electron chi connectivity index (χ2n) is 6.08. The zero-order valence-corrected chi connectivity index (χ0v) is 12.2. The van der Waals surface area contributed by atoms with E-state index in [-0.39, 0.29) is 34.2 Å². The lowest BCUT2D eigenvalue weighted by Gasteiger charge is -2.34. The van der Waals surface area contributed by atoms with Gasteiger partial charge in [0.15, 0.2) is 11.4 Å². The first-order chi connectivity index (χ1) is 11.5.